The van der Waals surface area contributed by atoms with Crippen LogP contribution >= 0.6 is 0 Å². The lowest BCUT2D eigenvalue weighted by Crippen LogP contribution is -2.23. The summed E-state index contributed by atoms with van der Waals surface area (Å²) in [6.07, 6.45) is 2.65. The molecular weight excluding hydrogens is 288 g/mol. The fourth-order valence-electron chi connectivity index (χ4n) is 2.81. The maximum atomic E-state index is 12.6. The van der Waals surface area contributed by atoms with Gasteiger partial charge in [-0.25, -0.2) is 0 Å². The Morgan fingerprint density at radius 2 is 1.61 bits per heavy atom. The van der Waals surface area contributed by atoms with E-state index in [0.29, 0.717) is 11.9 Å². The van der Waals surface area contributed by atoms with Gasteiger partial charge in [0.05, 0.1) is 6.42 Å². The number of hydrogen-bond donors (Lipinski definition) is 1. The van der Waals surface area contributed by atoms with Crippen LogP contribution in [0.2, 0.25) is 0 Å². The van der Waals surface area contributed by atoms with Crippen LogP contribution in [0.1, 0.15) is 11.1 Å². The van der Waals surface area contributed by atoms with Crippen molar-refractivity contribution in [1.82, 2.24) is 4.57 Å². The van der Waals surface area contributed by atoms with Crippen molar-refractivity contribution in [3.63, 3.8) is 0 Å². The van der Waals surface area contributed by atoms with Crippen molar-refractivity contribution in [3.8, 4) is 0 Å². The number of rotatable bonds is 5. The van der Waals surface area contributed by atoms with Crippen LogP contribution < -0.4 is 11.3 Å². The van der Waals surface area contributed by atoms with E-state index in [4.69, 9.17) is 5.73 Å². The van der Waals surface area contributed by atoms with Crippen LogP contribution in [0, 0.1) is 0 Å². The number of carbonyl (C=O) groups excluding carboxylic acids is 1. The summed E-state index contributed by atoms with van der Waals surface area (Å²) in [5, 5.41) is 1.42. The van der Waals surface area contributed by atoms with Gasteiger partial charge in [0, 0.05) is 18.1 Å². The third-order valence-electron chi connectivity index (χ3n) is 3.92. The van der Waals surface area contributed by atoms with E-state index in [1.807, 2.05) is 48.5 Å². The zero-order valence-corrected chi connectivity index (χ0v) is 12.7. The van der Waals surface area contributed by atoms with Crippen LogP contribution in [0.25, 0.3) is 10.8 Å². The summed E-state index contributed by atoms with van der Waals surface area (Å²) in [4.78, 5) is 24.0. The van der Waals surface area contributed by atoms with Gasteiger partial charge in [0.1, 0.15) is 0 Å². The summed E-state index contributed by atoms with van der Waals surface area (Å²) in [6, 6.07) is 17.4. The summed E-state index contributed by atoms with van der Waals surface area (Å²) in [5.41, 5.74) is 7.27. The van der Waals surface area contributed by atoms with Gasteiger partial charge in [-0.3, -0.25) is 9.59 Å². The van der Waals surface area contributed by atoms with E-state index in [1.165, 1.54) is 5.56 Å². The molecule has 0 saturated heterocycles. The first-order valence-electron chi connectivity index (χ1n) is 7.58. The van der Waals surface area contributed by atoms with Crippen molar-refractivity contribution in [3.05, 3.63) is 82.3 Å². The van der Waals surface area contributed by atoms with Crippen LogP contribution in [0.5, 0.6) is 0 Å². The molecule has 3 rings (SSSR count). The van der Waals surface area contributed by atoms with E-state index in [2.05, 4.69) is 0 Å². The number of amides is 1. The standard InChI is InChI=1S/C19H18N2O2/c20-18(22)12-15-13-21(11-10-14-6-2-1-3-7-14)19(23)17-9-5-4-8-16(15)17/h1-9,13H,10-12H2,(H2,20,22). The minimum atomic E-state index is -0.400. The molecule has 0 aliphatic heterocycles. The van der Waals surface area contributed by atoms with Gasteiger partial charge in [-0.1, -0.05) is 48.5 Å². The molecule has 0 bridgehead atoms. The van der Waals surface area contributed by atoms with Gasteiger partial charge in [0.25, 0.3) is 5.56 Å². The highest BCUT2D eigenvalue weighted by atomic mass is 16.1. The topological polar surface area (TPSA) is 65.1 Å². The van der Waals surface area contributed by atoms with Crippen LogP contribution in [0.3, 0.4) is 0 Å². The van der Waals surface area contributed by atoms with Crippen LogP contribution in [-0.2, 0) is 24.2 Å². The number of carbonyl (C=O) groups is 1. The predicted octanol–water partition coefficient (Wildman–Crippen LogP) is 2.27. The SMILES string of the molecule is NC(=O)Cc1cn(CCc2ccccc2)c(=O)c2ccccc12. The Morgan fingerprint density at radius 3 is 2.30 bits per heavy atom. The first kappa shape index (κ1) is 15.0. The lowest BCUT2D eigenvalue weighted by Gasteiger charge is -2.11. The molecule has 1 heterocycles. The highest BCUT2D eigenvalue weighted by Gasteiger charge is 2.10. The van der Waals surface area contributed by atoms with Gasteiger partial charge in [-0.05, 0) is 29.0 Å². The number of pyridine rings is 1. The minimum Gasteiger partial charge on any atom is -0.369 e. The molecule has 4 heteroatoms. The molecule has 3 aromatic rings. The van der Waals surface area contributed by atoms with E-state index in [0.717, 1.165) is 17.4 Å². The van der Waals surface area contributed by atoms with Crippen LogP contribution in [-0.4, -0.2) is 10.5 Å². The number of primary amides is 1. The summed E-state index contributed by atoms with van der Waals surface area (Å²) >= 11 is 0. The van der Waals surface area contributed by atoms with Crippen molar-refractivity contribution in [2.75, 3.05) is 0 Å². The van der Waals surface area contributed by atoms with Gasteiger partial charge in [0.15, 0.2) is 0 Å². The van der Waals surface area contributed by atoms with Gasteiger partial charge in [0.2, 0.25) is 5.91 Å². The molecule has 0 saturated carbocycles. The van der Waals surface area contributed by atoms with Crippen molar-refractivity contribution in [2.45, 2.75) is 19.4 Å². The highest BCUT2D eigenvalue weighted by molar-refractivity contribution is 5.89. The number of aryl methyl sites for hydroxylation is 2. The van der Waals surface area contributed by atoms with Crippen molar-refractivity contribution >= 4 is 16.7 Å². The fourth-order valence-corrected chi connectivity index (χ4v) is 2.81. The molecule has 23 heavy (non-hydrogen) atoms. The highest BCUT2D eigenvalue weighted by Crippen LogP contribution is 2.16. The molecule has 2 aromatic carbocycles. The van der Waals surface area contributed by atoms with E-state index in [1.54, 1.807) is 16.8 Å². The largest absolute Gasteiger partial charge is 0.369 e. The average molecular weight is 306 g/mol. The Labute approximate surface area is 134 Å². The van der Waals surface area contributed by atoms with Gasteiger partial charge in [-0.15, -0.1) is 0 Å². The Hall–Kier alpha value is -2.88. The summed E-state index contributed by atoms with van der Waals surface area (Å²) < 4.78 is 1.67. The molecule has 0 unspecified atom stereocenters. The minimum absolute atomic E-state index is 0.0373. The third kappa shape index (κ3) is 3.31. The normalized spacial score (nSPS) is 10.8. The quantitative estimate of drug-likeness (QED) is 0.786. The van der Waals surface area contributed by atoms with E-state index >= 15 is 0 Å². The third-order valence-corrected chi connectivity index (χ3v) is 3.92. The van der Waals surface area contributed by atoms with Gasteiger partial charge < -0.3 is 10.3 Å². The fraction of sp³-hybridized carbons (Fsp3) is 0.158. The molecule has 0 atom stereocenters. The first-order valence-corrected chi connectivity index (χ1v) is 7.58. The Bertz CT molecular complexity index is 898. The zero-order valence-electron chi connectivity index (χ0n) is 12.7. The Balaban J connectivity index is 2.01. The number of aromatic nitrogens is 1. The molecule has 0 spiro atoms. The molecule has 0 radical (unpaired) electrons. The van der Waals surface area contributed by atoms with Crippen molar-refractivity contribution in [1.29, 1.82) is 0 Å². The summed E-state index contributed by atoms with van der Waals surface area (Å²) in [6.45, 7) is 0.569. The lowest BCUT2D eigenvalue weighted by atomic mass is 10.0. The number of benzene rings is 2. The van der Waals surface area contributed by atoms with Gasteiger partial charge in [-0.2, -0.15) is 0 Å². The zero-order chi connectivity index (χ0) is 16.2. The van der Waals surface area contributed by atoms with Crippen molar-refractivity contribution < 1.29 is 4.79 Å². The summed E-state index contributed by atoms with van der Waals surface area (Å²) in [7, 11) is 0. The lowest BCUT2D eigenvalue weighted by molar-refractivity contribution is -0.117. The number of hydrogen-bond acceptors (Lipinski definition) is 2. The second kappa shape index (κ2) is 6.48. The number of fused-ring (bicyclic) bond motifs is 1. The molecule has 0 aliphatic rings. The average Bonchev–Trinajstić information content (AvgIpc) is 2.57. The monoisotopic (exact) mass is 306 g/mol. The number of nitrogens with zero attached hydrogens (tertiary/aromatic N) is 1. The first-order chi connectivity index (χ1) is 11.1. The predicted molar refractivity (Wildman–Crippen MR) is 91.3 cm³/mol. The summed E-state index contributed by atoms with van der Waals surface area (Å²) in [5.74, 6) is -0.400. The maximum Gasteiger partial charge on any atom is 0.258 e. The second-order valence-corrected chi connectivity index (χ2v) is 5.58. The van der Waals surface area contributed by atoms with E-state index in [9.17, 15) is 9.59 Å². The molecule has 1 aromatic heterocycles. The van der Waals surface area contributed by atoms with E-state index in [-0.39, 0.29) is 12.0 Å². The maximum absolute atomic E-state index is 12.6. The molecule has 2 N–H and O–H groups in total. The van der Waals surface area contributed by atoms with Crippen LogP contribution in [0.4, 0.5) is 0 Å². The Morgan fingerprint density at radius 1 is 0.957 bits per heavy atom. The van der Waals surface area contributed by atoms with Crippen LogP contribution in [0.15, 0.2) is 65.6 Å². The molecular formula is C19H18N2O2. The van der Waals surface area contributed by atoms with E-state index < -0.39 is 5.91 Å². The number of nitrogens with two attached hydrogens (primary N) is 1. The molecule has 0 fully saturated rings. The second-order valence-electron chi connectivity index (χ2n) is 5.58. The smallest absolute Gasteiger partial charge is 0.258 e. The van der Waals surface area contributed by atoms with Crippen molar-refractivity contribution in [2.24, 2.45) is 5.73 Å². The van der Waals surface area contributed by atoms with Gasteiger partial charge >= 0.3 is 0 Å². The molecule has 1 amide bonds. The molecule has 4 nitrogen and oxygen atoms in total. The molecule has 0 aliphatic carbocycles. The Kier molecular flexibility index (Phi) is 4.24. The molecule has 116 valence electrons.